The molecule has 10 heteroatoms. The molecule has 0 N–H and O–H groups in total. The Hall–Kier alpha value is -3.30. The average molecular weight is 447 g/mol. The normalized spacial score (nSPS) is 15.9. The summed E-state index contributed by atoms with van der Waals surface area (Å²) < 4.78 is 39.7. The molecule has 0 unspecified atom stereocenters. The minimum absolute atomic E-state index is 0.0129. The lowest BCUT2D eigenvalue weighted by atomic mass is 10.0. The van der Waals surface area contributed by atoms with Crippen LogP contribution in [-0.2, 0) is 17.4 Å². The van der Waals surface area contributed by atoms with Crippen LogP contribution in [0.15, 0.2) is 47.8 Å². The van der Waals surface area contributed by atoms with Crippen LogP contribution in [-0.4, -0.2) is 49.2 Å². The van der Waals surface area contributed by atoms with E-state index in [2.05, 4.69) is 5.29 Å². The van der Waals surface area contributed by atoms with Crippen LogP contribution in [0.1, 0.15) is 24.0 Å². The van der Waals surface area contributed by atoms with Gasteiger partial charge in [0.15, 0.2) is 0 Å². The number of hydrogen-bond donors (Lipinski definition) is 0. The molecule has 0 radical (unpaired) electrons. The fourth-order valence-corrected chi connectivity index (χ4v) is 4.14. The second kappa shape index (κ2) is 8.33. The third-order valence-electron chi connectivity index (χ3n) is 5.95. The molecular formula is C22H24F3N5O2. The quantitative estimate of drug-likeness (QED) is 0.374. The average Bonchev–Trinajstić information content (AvgIpc) is 3.48. The van der Waals surface area contributed by atoms with Gasteiger partial charge in [0, 0.05) is 32.9 Å². The van der Waals surface area contributed by atoms with Crippen molar-refractivity contribution in [3.63, 3.8) is 0 Å². The highest BCUT2D eigenvalue weighted by Crippen LogP contribution is 2.56. The van der Waals surface area contributed by atoms with Crippen molar-refractivity contribution in [2.75, 3.05) is 37.1 Å². The van der Waals surface area contributed by atoms with E-state index >= 15 is 0 Å². The second-order valence-corrected chi connectivity index (χ2v) is 8.23. The summed E-state index contributed by atoms with van der Waals surface area (Å²) in [5.74, 6) is -0.0129. The second-order valence-electron chi connectivity index (χ2n) is 8.23. The van der Waals surface area contributed by atoms with E-state index in [-0.39, 0.29) is 24.1 Å². The van der Waals surface area contributed by atoms with Crippen LogP contribution in [0.5, 0.6) is 0 Å². The van der Waals surface area contributed by atoms with Gasteiger partial charge in [-0.15, -0.1) is 4.91 Å². The molecule has 0 aromatic heterocycles. The molecule has 4 rings (SSSR count). The van der Waals surface area contributed by atoms with Gasteiger partial charge >= 0.3 is 6.18 Å². The Morgan fingerprint density at radius 1 is 1.09 bits per heavy atom. The molecule has 32 heavy (non-hydrogen) atoms. The Morgan fingerprint density at radius 3 is 2.31 bits per heavy atom. The number of para-hydroxylation sites is 1. The van der Waals surface area contributed by atoms with Crippen molar-refractivity contribution >= 4 is 23.0 Å². The first-order valence-corrected chi connectivity index (χ1v) is 10.4. The minimum atomic E-state index is -4.50. The number of nitrogens with zero attached hydrogens (tertiary/aromatic N) is 5. The van der Waals surface area contributed by atoms with Gasteiger partial charge in [0.25, 0.3) is 0 Å². The number of carbonyl (C=O) groups excluding carboxylic acids is 1. The number of alkyl halides is 3. The molecule has 2 heterocycles. The first-order valence-electron chi connectivity index (χ1n) is 10.4. The molecule has 0 atom stereocenters. The number of carbonyl (C=O) groups is 1. The van der Waals surface area contributed by atoms with Gasteiger partial charge in [0.2, 0.25) is 5.91 Å². The molecule has 0 spiro atoms. The van der Waals surface area contributed by atoms with Crippen LogP contribution in [0, 0.1) is 4.91 Å². The number of fused-ring (bicyclic) bond motifs is 1. The van der Waals surface area contributed by atoms with E-state index in [0.29, 0.717) is 31.6 Å². The molecule has 0 aliphatic carbocycles. The Kier molecular flexibility index (Phi) is 5.70. The SMILES string of the molecule is CN(C)c1ccc(CC(=O)N2CCC(N(N=O)N3c4cccc(C(F)(F)F)c43)CC2)cc1. The highest BCUT2D eigenvalue weighted by Gasteiger charge is 2.48. The van der Waals surface area contributed by atoms with E-state index in [0.717, 1.165) is 22.4 Å². The first-order chi connectivity index (χ1) is 15.2. The Labute approximate surface area is 183 Å². The van der Waals surface area contributed by atoms with Crippen molar-refractivity contribution in [3.8, 4) is 0 Å². The fourth-order valence-electron chi connectivity index (χ4n) is 4.14. The molecule has 7 nitrogen and oxygen atoms in total. The number of rotatable bonds is 6. The molecule has 170 valence electrons. The summed E-state index contributed by atoms with van der Waals surface area (Å²) in [5, 5.41) is 5.32. The zero-order valence-electron chi connectivity index (χ0n) is 17.8. The lowest BCUT2D eigenvalue weighted by Crippen LogP contribution is -2.47. The molecule has 1 fully saturated rings. The van der Waals surface area contributed by atoms with Gasteiger partial charge in [0.05, 0.1) is 29.0 Å². The van der Waals surface area contributed by atoms with Crippen LogP contribution in [0.4, 0.5) is 30.2 Å². The summed E-state index contributed by atoms with van der Waals surface area (Å²) in [5.41, 5.74) is 1.49. The van der Waals surface area contributed by atoms with Crippen LogP contribution in [0.3, 0.4) is 0 Å². The minimum Gasteiger partial charge on any atom is -0.378 e. The van der Waals surface area contributed by atoms with Crippen LogP contribution in [0.2, 0.25) is 0 Å². The van der Waals surface area contributed by atoms with Crippen LogP contribution < -0.4 is 9.91 Å². The maximum absolute atomic E-state index is 13.2. The summed E-state index contributed by atoms with van der Waals surface area (Å²) in [7, 11) is 3.89. The maximum atomic E-state index is 13.2. The molecule has 2 aromatic rings. The highest BCUT2D eigenvalue weighted by molar-refractivity contribution is 5.94. The third-order valence-corrected chi connectivity index (χ3v) is 5.95. The monoisotopic (exact) mass is 447 g/mol. The molecule has 0 saturated carbocycles. The van der Waals surface area contributed by atoms with Crippen molar-refractivity contribution in [3.05, 3.63) is 58.5 Å². The molecule has 0 bridgehead atoms. The lowest BCUT2D eigenvalue weighted by Gasteiger charge is -2.36. The number of hydrogen-bond acceptors (Lipinski definition) is 5. The molecule has 2 aromatic carbocycles. The van der Waals surface area contributed by atoms with Gasteiger partial charge in [0.1, 0.15) is 5.69 Å². The molecule has 2 aliphatic heterocycles. The number of halogens is 3. The predicted octanol–water partition coefficient (Wildman–Crippen LogP) is 4.36. The number of piperidine rings is 1. The fraction of sp³-hybridized carbons (Fsp3) is 0.409. The van der Waals surface area contributed by atoms with Gasteiger partial charge in [-0.1, -0.05) is 18.2 Å². The van der Waals surface area contributed by atoms with Gasteiger partial charge in [-0.05, 0) is 42.7 Å². The number of benzene rings is 2. The zero-order valence-corrected chi connectivity index (χ0v) is 17.8. The van der Waals surface area contributed by atoms with Gasteiger partial charge < -0.3 is 9.80 Å². The van der Waals surface area contributed by atoms with E-state index in [1.54, 1.807) is 4.90 Å². The van der Waals surface area contributed by atoms with Gasteiger partial charge in [-0.2, -0.15) is 18.3 Å². The van der Waals surface area contributed by atoms with Gasteiger partial charge in [-0.25, -0.2) is 5.01 Å². The number of amides is 1. The largest absolute Gasteiger partial charge is 0.418 e. The molecule has 2 aliphatic rings. The van der Waals surface area contributed by atoms with Crippen molar-refractivity contribution < 1.29 is 18.0 Å². The molecular weight excluding hydrogens is 423 g/mol. The first kappa shape index (κ1) is 21.9. The van der Waals surface area contributed by atoms with E-state index < -0.39 is 11.7 Å². The maximum Gasteiger partial charge on any atom is 0.418 e. The number of hydrazine groups is 1. The smallest absolute Gasteiger partial charge is 0.378 e. The Bertz CT molecular complexity index is 1000. The summed E-state index contributed by atoms with van der Waals surface area (Å²) >= 11 is 0. The molecule has 1 amide bonds. The van der Waals surface area contributed by atoms with Crippen molar-refractivity contribution in [1.82, 2.24) is 10.0 Å². The molecule has 1 saturated heterocycles. The zero-order chi connectivity index (χ0) is 23.0. The van der Waals surface area contributed by atoms with Crippen molar-refractivity contribution in [1.29, 1.82) is 0 Å². The van der Waals surface area contributed by atoms with Crippen molar-refractivity contribution in [2.24, 2.45) is 5.29 Å². The highest BCUT2D eigenvalue weighted by atomic mass is 19.4. The van der Waals surface area contributed by atoms with Crippen molar-refractivity contribution in [2.45, 2.75) is 31.5 Å². The summed E-state index contributed by atoms with van der Waals surface area (Å²) in [6, 6.07) is 11.2. The van der Waals surface area contributed by atoms with E-state index in [4.69, 9.17) is 0 Å². The number of likely N-dealkylation sites (tertiary alicyclic amines) is 1. The summed E-state index contributed by atoms with van der Waals surface area (Å²) in [4.78, 5) is 27.9. The van der Waals surface area contributed by atoms with E-state index in [1.807, 2.05) is 43.3 Å². The van der Waals surface area contributed by atoms with Gasteiger partial charge in [-0.3, -0.25) is 4.79 Å². The predicted molar refractivity (Wildman–Crippen MR) is 115 cm³/mol. The lowest BCUT2D eigenvalue weighted by molar-refractivity contribution is -0.137. The third kappa shape index (κ3) is 4.21. The Balaban J connectivity index is 1.35. The standard InChI is InChI=1S/C22H24F3N5O2/c1-27(2)16-8-6-15(7-9-16)14-20(31)28-12-10-17(11-13-28)30(26-32)29-19-5-3-4-18(21(19)29)22(23,24)25/h3-9,17H,10-14H2,1-2H3. The summed E-state index contributed by atoms with van der Waals surface area (Å²) in [6.45, 7) is 0.837. The Morgan fingerprint density at radius 2 is 1.75 bits per heavy atom. The van der Waals surface area contributed by atoms with Crippen LogP contribution >= 0.6 is 0 Å². The van der Waals surface area contributed by atoms with E-state index in [1.165, 1.54) is 17.1 Å². The van der Waals surface area contributed by atoms with Crippen LogP contribution in [0.25, 0.3) is 0 Å². The van der Waals surface area contributed by atoms with E-state index in [9.17, 15) is 22.9 Å². The summed E-state index contributed by atoms with van der Waals surface area (Å²) in [6.07, 6.45) is -3.33. The topological polar surface area (TPSA) is 59.2 Å². The number of nitroso groups, excluding NO2 is 1. The number of anilines is 3.